The average Bonchev–Trinajstić information content (AvgIpc) is 3.10. The number of benzene rings is 2. The SMILES string of the molecule is CC(C)N(C(=O)c1ccccc1-c1nnnn1Cc1ccccc1)C(C)C. The van der Waals surface area contributed by atoms with Gasteiger partial charge in [0.1, 0.15) is 0 Å². The van der Waals surface area contributed by atoms with E-state index >= 15 is 0 Å². The lowest BCUT2D eigenvalue weighted by Gasteiger charge is -2.31. The molecular formula is C21H25N5O. The molecule has 1 aromatic heterocycles. The van der Waals surface area contributed by atoms with Crippen LogP contribution in [-0.2, 0) is 6.54 Å². The number of carbonyl (C=O) groups excluding carboxylic acids is 1. The van der Waals surface area contributed by atoms with Crippen LogP contribution in [0.3, 0.4) is 0 Å². The van der Waals surface area contributed by atoms with E-state index in [1.807, 2.05) is 87.2 Å². The van der Waals surface area contributed by atoms with Gasteiger partial charge in [-0.15, -0.1) is 5.10 Å². The summed E-state index contributed by atoms with van der Waals surface area (Å²) in [6.45, 7) is 8.66. The first-order valence-corrected chi connectivity index (χ1v) is 9.21. The normalized spacial score (nSPS) is 11.2. The summed E-state index contributed by atoms with van der Waals surface area (Å²) in [6.07, 6.45) is 0. The first-order chi connectivity index (χ1) is 13.0. The van der Waals surface area contributed by atoms with Crippen LogP contribution in [0, 0.1) is 0 Å². The van der Waals surface area contributed by atoms with Crippen molar-refractivity contribution in [3.63, 3.8) is 0 Å². The third kappa shape index (κ3) is 4.05. The highest BCUT2D eigenvalue weighted by Crippen LogP contribution is 2.24. The predicted octanol–water partition coefficient (Wildman–Crippen LogP) is 3.65. The maximum atomic E-state index is 13.3. The highest BCUT2D eigenvalue weighted by atomic mass is 16.2. The summed E-state index contributed by atoms with van der Waals surface area (Å²) in [5.41, 5.74) is 2.46. The lowest BCUT2D eigenvalue weighted by molar-refractivity contribution is 0.0644. The molecule has 0 unspecified atom stereocenters. The zero-order chi connectivity index (χ0) is 19.4. The van der Waals surface area contributed by atoms with Crippen LogP contribution in [0.4, 0.5) is 0 Å². The van der Waals surface area contributed by atoms with Gasteiger partial charge in [0.2, 0.25) is 0 Å². The van der Waals surface area contributed by atoms with Crippen molar-refractivity contribution in [2.45, 2.75) is 46.3 Å². The van der Waals surface area contributed by atoms with E-state index in [9.17, 15) is 4.79 Å². The molecule has 3 aromatic rings. The summed E-state index contributed by atoms with van der Waals surface area (Å²) in [4.78, 5) is 15.1. The summed E-state index contributed by atoms with van der Waals surface area (Å²) in [5.74, 6) is 0.583. The molecule has 1 amide bonds. The van der Waals surface area contributed by atoms with Gasteiger partial charge in [-0.2, -0.15) is 0 Å². The van der Waals surface area contributed by atoms with Crippen molar-refractivity contribution in [1.82, 2.24) is 25.1 Å². The molecule has 0 saturated carbocycles. The first kappa shape index (κ1) is 18.8. The second-order valence-corrected chi connectivity index (χ2v) is 7.09. The highest BCUT2D eigenvalue weighted by molar-refractivity contribution is 6.00. The van der Waals surface area contributed by atoms with E-state index in [1.165, 1.54) is 0 Å². The molecule has 0 saturated heterocycles. The van der Waals surface area contributed by atoms with E-state index in [0.29, 0.717) is 17.9 Å². The Morgan fingerprint density at radius 3 is 2.26 bits per heavy atom. The fourth-order valence-corrected chi connectivity index (χ4v) is 3.33. The lowest BCUT2D eigenvalue weighted by atomic mass is 10.0. The summed E-state index contributed by atoms with van der Waals surface area (Å²) < 4.78 is 1.73. The number of rotatable bonds is 6. The molecule has 0 bridgehead atoms. The molecule has 0 radical (unpaired) electrons. The van der Waals surface area contributed by atoms with Crippen LogP contribution >= 0.6 is 0 Å². The summed E-state index contributed by atoms with van der Waals surface area (Å²) in [5, 5.41) is 12.2. The van der Waals surface area contributed by atoms with Gasteiger partial charge in [-0.05, 0) is 49.8 Å². The van der Waals surface area contributed by atoms with Gasteiger partial charge in [0.05, 0.1) is 12.1 Å². The summed E-state index contributed by atoms with van der Waals surface area (Å²) in [6, 6.07) is 17.7. The van der Waals surface area contributed by atoms with Crippen molar-refractivity contribution in [3.05, 3.63) is 65.7 Å². The molecule has 0 aliphatic carbocycles. The van der Waals surface area contributed by atoms with Gasteiger partial charge < -0.3 is 4.90 Å². The molecule has 2 aromatic carbocycles. The van der Waals surface area contributed by atoms with E-state index in [1.54, 1.807) is 4.68 Å². The minimum absolute atomic E-state index is 0.00939. The molecule has 6 nitrogen and oxygen atoms in total. The highest BCUT2D eigenvalue weighted by Gasteiger charge is 2.25. The van der Waals surface area contributed by atoms with Crippen LogP contribution < -0.4 is 0 Å². The minimum atomic E-state index is -0.00939. The molecule has 0 N–H and O–H groups in total. The monoisotopic (exact) mass is 363 g/mol. The van der Waals surface area contributed by atoms with Crippen LogP contribution in [0.15, 0.2) is 54.6 Å². The fraction of sp³-hybridized carbons (Fsp3) is 0.333. The third-order valence-electron chi connectivity index (χ3n) is 4.45. The zero-order valence-corrected chi connectivity index (χ0v) is 16.2. The number of hydrogen-bond donors (Lipinski definition) is 0. The van der Waals surface area contributed by atoms with E-state index < -0.39 is 0 Å². The van der Waals surface area contributed by atoms with Gasteiger partial charge >= 0.3 is 0 Å². The summed E-state index contributed by atoms with van der Waals surface area (Å²) in [7, 11) is 0. The topological polar surface area (TPSA) is 63.9 Å². The number of nitrogens with zero attached hydrogens (tertiary/aromatic N) is 5. The number of amides is 1. The molecule has 6 heteroatoms. The van der Waals surface area contributed by atoms with Crippen LogP contribution in [0.5, 0.6) is 0 Å². The van der Waals surface area contributed by atoms with Gasteiger partial charge in [0, 0.05) is 17.6 Å². The van der Waals surface area contributed by atoms with Gasteiger partial charge in [0.25, 0.3) is 5.91 Å². The van der Waals surface area contributed by atoms with Crippen LogP contribution in [0.2, 0.25) is 0 Å². The van der Waals surface area contributed by atoms with Gasteiger partial charge in [-0.25, -0.2) is 4.68 Å². The second kappa shape index (κ2) is 8.12. The predicted molar refractivity (Wildman–Crippen MR) is 105 cm³/mol. The molecule has 0 aliphatic rings. The lowest BCUT2D eigenvalue weighted by Crippen LogP contribution is -2.42. The molecule has 0 atom stereocenters. The molecule has 1 heterocycles. The third-order valence-corrected chi connectivity index (χ3v) is 4.45. The Hall–Kier alpha value is -3.02. The minimum Gasteiger partial charge on any atom is -0.334 e. The van der Waals surface area contributed by atoms with Crippen LogP contribution in [-0.4, -0.2) is 43.1 Å². The standard InChI is InChI=1S/C21H25N5O/c1-15(2)26(16(3)4)21(27)19-13-9-8-12-18(19)20-22-23-24-25(20)14-17-10-6-5-7-11-17/h5-13,15-16H,14H2,1-4H3. The van der Waals surface area contributed by atoms with Crippen molar-refractivity contribution < 1.29 is 4.79 Å². The zero-order valence-electron chi connectivity index (χ0n) is 16.2. The average molecular weight is 363 g/mol. The second-order valence-electron chi connectivity index (χ2n) is 7.09. The Bertz CT molecular complexity index is 894. The van der Waals surface area contributed by atoms with Crippen molar-refractivity contribution in [2.75, 3.05) is 0 Å². The Morgan fingerprint density at radius 2 is 1.59 bits per heavy atom. The number of carbonyl (C=O) groups is 1. The Kier molecular flexibility index (Phi) is 5.64. The number of tetrazole rings is 1. The molecule has 27 heavy (non-hydrogen) atoms. The van der Waals surface area contributed by atoms with Crippen molar-refractivity contribution in [3.8, 4) is 11.4 Å². The van der Waals surface area contributed by atoms with E-state index in [0.717, 1.165) is 11.1 Å². The summed E-state index contributed by atoms with van der Waals surface area (Å²) >= 11 is 0. The number of hydrogen-bond acceptors (Lipinski definition) is 4. The molecule has 3 rings (SSSR count). The van der Waals surface area contributed by atoms with Crippen LogP contribution in [0.1, 0.15) is 43.6 Å². The van der Waals surface area contributed by atoms with Gasteiger partial charge in [-0.3, -0.25) is 4.79 Å². The van der Waals surface area contributed by atoms with E-state index in [-0.39, 0.29) is 18.0 Å². The van der Waals surface area contributed by atoms with Gasteiger partial charge in [-0.1, -0.05) is 48.5 Å². The van der Waals surface area contributed by atoms with Crippen molar-refractivity contribution >= 4 is 5.91 Å². The molecule has 0 fully saturated rings. The Labute approximate surface area is 159 Å². The number of aromatic nitrogens is 4. The van der Waals surface area contributed by atoms with Crippen molar-refractivity contribution in [1.29, 1.82) is 0 Å². The quantitative estimate of drug-likeness (QED) is 0.671. The van der Waals surface area contributed by atoms with Crippen LogP contribution in [0.25, 0.3) is 11.4 Å². The van der Waals surface area contributed by atoms with E-state index in [2.05, 4.69) is 15.5 Å². The molecule has 0 aliphatic heterocycles. The van der Waals surface area contributed by atoms with E-state index in [4.69, 9.17) is 0 Å². The maximum absolute atomic E-state index is 13.3. The first-order valence-electron chi connectivity index (χ1n) is 9.21. The Balaban J connectivity index is 2.00. The maximum Gasteiger partial charge on any atom is 0.255 e. The molecular weight excluding hydrogens is 338 g/mol. The smallest absolute Gasteiger partial charge is 0.255 e. The largest absolute Gasteiger partial charge is 0.334 e. The van der Waals surface area contributed by atoms with Gasteiger partial charge in [0.15, 0.2) is 5.82 Å². The Morgan fingerprint density at radius 1 is 0.963 bits per heavy atom. The molecule has 140 valence electrons. The molecule has 0 spiro atoms. The fourth-order valence-electron chi connectivity index (χ4n) is 3.33. The van der Waals surface area contributed by atoms with Crippen molar-refractivity contribution in [2.24, 2.45) is 0 Å².